The summed E-state index contributed by atoms with van der Waals surface area (Å²) in [5, 5.41) is 13.1. The van der Waals surface area contributed by atoms with Crippen LogP contribution in [0, 0.1) is 0 Å². The molecule has 1 N–H and O–H groups in total. The van der Waals surface area contributed by atoms with Crippen LogP contribution in [0.3, 0.4) is 0 Å². The van der Waals surface area contributed by atoms with Crippen LogP contribution >= 0.6 is 0 Å². The zero-order chi connectivity index (χ0) is 18.9. The number of hydrogen-bond acceptors (Lipinski definition) is 5. The van der Waals surface area contributed by atoms with Gasteiger partial charge in [-0.3, -0.25) is 9.78 Å². The number of fused-ring (bicyclic) bond motifs is 1. The number of benzene rings is 1. The van der Waals surface area contributed by atoms with E-state index in [0.717, 1.165) is 53.2 Å². The van der Waals surface area contributed by atoms with E-state index in [0.29, 0.717) is 12.6 Å². The first-order valence-electron chi connectivity index (χ1n) is 9.63. The lowest BCUT2D eigenvalue weighted by Crippen LogP contribution is -2.22. The van der Waals surface area contributed by atoms with Crippen molar-refractivity contribution >= 4 is 16.7 Å². The Balaban J connectivity index is 1.45. The van der Waals surface area contributed by atoms with Crippen LogP contribution in [0.5, 0.6) is 5.75 Å². The molecule has 0 aliphatic carbocycles. The Kier molecular flexibility index (Phi) is 4.20. The SMILES string of the molecule is CCOc1ccc2[nH]nc(-c3ccnc(N4CCC(n5cccn5)C4)c3)c2c1. The number of aromatic amines is 1. The van der Waals surface area contributed by atoms with Gasteiger partial charge in [-0.05, 0) is 49.7 Å². The fourth-order valence-electron chi connectivity index (χ4n) is 3.87. The number of nitrogens with one attached hydrogen (secondary N) is 1. The number of nitrogens with zero attached hydrogens (tertiary/aromatic N) is 5. The van der Waals surface area contributed by atoms with Crippen molar-refractivity contribution in [3.05, 3.63) is 55.0 Å². The Labute approximate surface area is 163 Å². The molecule has 4 aromatic rings. The van der Waals surface area contributed by atoms with E-state index < -0.39 is 0 Å². The third kappa shape index (κ3) is 2.98. The van der Waals surface area contributed by atoms with Crippen molar-refractivity contribution in [2.75, 3.05) is 24.6 Å². The summed E-state index contributed by atoms with van der Waals surface area (Å²) >= 11 is 0. The molecule has 7 nitrogen and oxygen atoms in total. The number of rotatable bonds is 5. The minimum absolute atomic E-state index is 0.389. The van der Waals surface area contributed by atoms with Crippen molar-refractivity contribution in [1.29, 1.82) is 0 Å². The van der Waals surface area contributed by atoms with E-state index >= 15 is 0 Å². The van der Waals surface area contributed by atoms with Gasteiger partial charge in [0.1, 0.15) is 17.3 Å². The average molecular weight is 374 g/mol. The molecule has 1 aliphatic rings. The third-order valence-electron chi connectivity index (χ3n) is 5.25. The average Bonchev–Trinajstić information content (AvgIpc) is 3.47. The number of H-pyrrole nitrogens is 1. The van der Waals surface area contributed by atoms with Gasteiger partial charge >= 0.3 is 0 Å². The summed E-state index contributed by atoms with van der Waals surface area (Å²) in [5.74, 6) is 1.83. The number of anilines is 1. The predicted octanol–water partition coefficient (Wildman–Crippen LogP) is 3.67. The Morgan fingerprint density at radius 2 is 2.18 bits per heavy atom. The van der Waals surface area contributed by atoms with Gasteiger partial charge in [0.2, 0.25) is 0 Å². The molecule has 0 amide bonds. The maximum absolute atomic E-state index is 5.66. The molecule has 0 spiro atoms. The van der Waals surface area contributed by atoms with Gasteiger partial charge in [-0.25, -0.2) is 4.98 Å². The zero-order valence-corrected chi connectivity index (χ0v) is 15.7. The number of hydrogen-bond donors (Lipinski definition) is 1. The number of pyridine rings is 1. The molecule has 28 heavy (non-hydrogen) atoms. The van der Waals surface area contributed by atoms with Crippen LogP contribution in [0.2, 0.25) is 0 Å². The van der Waals surface area contributed by atoms with Crippen LogP contribution in [0.25, 0.3) is 22.2 Å². The van der Waals surface area contributed by atoms with Gasteiger partial charge in [-0.1, -0.05) is 0 Å². The highest BCUT2D eigenvalue weighted by Gasteiger charge is 2.25. The molecule has 0 saturated carbocycles. The number of ether oxygens (including phenoxy) is 1. The van der Waals surface area contributed by atoms with Crippen molar-refractivity contribution < 1.29 is 4.74 Å². The smallest absolute Gasteiger partial charge is 0.129 e. The largest absolute Gasteiger partial charge is 0.494 e. The molecule has 1 saturated heterocycles. The lowest BCUT2D eigenvalue weighted by atomic mass is 10.1. The van der Waals surface area contributed by atoms with Crippen LogP contribution < -0.4 is 9.64 Å². The van der Waals surface area contributed by atoms with Crippen LogP contribution in [0.4, 0.5) is 5.82 Å². The van der Waals surface area contributed by atoms with Gasteiger partial charge in [-0.15, -0.1) is 0 Å². The van der Waals surface area contributed by atoms with E-state index in [9.17, 15) is 0 Å². The second-order valence-electron chi connectivity index (χ2n) is 6.99. The first-order chi connectivity index (χ1) is 13.8. The fourth-order valence-corrected chi connectivity index (χ4v) is 3.87. The summed E-state index contributed by atoms with van der Waals surface area (Å²) in [5.41, 5.74) is 2.96. The normalized spacial score (nSPS) is 16.8. The molecule has 0 radical (unpaired) electrons. The second-order valence-corrected chi connectivity index (χ2v) is 6.99. The monoisotopic (exact) mass is 374 g/mol. The first kappa shape index (κ1) is 16.8. The van der Waals surface area contributed by atoms with E-state index in [1.165, 1.54) is 0 Å². The van der Waals surface area contributed by atoms with E-state index in [1.54, 1.807) is 0 Å². The highest BCUT2D eigenvalue weighted by atomic mass is 16.5. The summed E-state index contributed by atoms with van der Waals surface area (Å²) in [6.07, 6.45) is 6.79. The Morgan fingerprint density at radius 1 is 1.21 bits per heavy atom. The lowest BCUT2D eigenvalue weighted by Gasteiger charge is -2.18. The van der Waals surface area contributed by atoms with Gasteiger partial charge in [0.25, 0.3) is 0 Å². The molecular formula is C21H22N6O. The summed E-state index contributed by atoms with van der Waals surface area (Å²) < 4.78 is 7.70. The standard InChI is InChI=1S/C21H22N6O/c1-2-28-17-4-5-19-18(13-17)21(25-24-19)15-6-9-22-20(12-15)26-11-7-16(14-26)27-10-3-8-23-27/h3-6,8-10,12-13,16H,2,7,11,14H2,1H3,(H,24,25). The second kappa shape index (κ2) is 6.99. The molecule has 5 rings (SSSR count). The van der Waals surface area contributed by atoms with Crippen molar-refractivity contribution in [1.82, 2.24) is 25.0 Å². The van der Waals surface area contributed by atoms with Crippen LogP contribution in [-0.2, 0) is 0 Å². The summed E-state index contributed by atoms with van der Waals surface area (Å²) in [4.78, 5) is 6.92. The summed E-state index contributed by atoms with van der Waals surface area (Å²) in [7, 11) is 0. The van der Waals surface area contributed by atoms with Gasteiger partial charge in [-0.2, -0.15) is 10.2 Å². The summed E-state index contributed by atoms with van der Waals surface area (Å²) in [6, 6.07) is 12.5. The zero-order valence-electron chi connectivity index (χ0n) is 15.7. The molecule has 3 aromatic heterocycles. The van der Waals surface area contributed by atoms with Gasteiger partial charge < -0.3 is 9.64 Å². The minimum Gasteiger partial charge on any atom is -0.494 e. The van der Waals surface area contributed by atoms with Gasteiger partial charge in [0.05, 0.1) is 18.2 Å². The molecule has 1 unspecified atom stereocenters. The fraction of sp³-hybridized carbons (Fsp3) is 0.286. The molecule has 1 atom stereocenters. The number of aromatic nitrogens is 5. The van der Waals surface area contributed by atoms with Crippen molar-refractivity contribution in [2.24, 2.45) is 0 Å². The quantitative estimate of drug-likeness (QED) is 0.577. The Hall–Kier alpha value is -3.35. The molecule has 142 valence electrons. The first-order valence-corrected chi connectivity index (χ1v) is 9.63. The lowest BCUT2D eigenvalue weighted by molar-refractivity contribution is 0.341. The highest BCUT2D eigenvalue weighted by molar-refractivity contribution is 5.94. The van der Waals surface area contributed by atoms with Crippen LogP contribution in [0.15, 0.2) is 55.0 Å². The maximum atomic E-state index is 5.66. The molecule has 1 fully saturated rings. The van der Waals surface area contributed by atoms with E-state index in [2.05, 4.69) is 31.2 Å². The highest BCUT2D eigenvalue weighted by Crippen LogP contribution is 2.32. The maximum Gasteiger partial charge on any atom is 0.129 e. The third-order valence-corrected chi connectivity index (χ3v) is 5.25. The molecule has 7 heteroatoms. The van der Waals surface area contributed by atoms with E-state index in [4.69, 9.17) is 4.74 Å². The van der Waals surface area contributed by atoms with Crippen LogP contribution in [0.1, 0.15) is 19.4 Å². The molecule has 0 bridgehead atoms. The topological polar surface area (TPSA) is 71.9 Å². The predicted molar refractivity (Wildman–Crippen MR) is 109 cm³/mol. The van der Waals surface area contributed by atoms with Crippen molar-refractivity contribution in [3.63, 3.8) is 0 Å². The molecule has 1 aliphatic heterocycles. The van der Waals surface area contributed by atoms with Gasteiger partial charge in [0, 0.05) is 42.6 Å². The van der Waals surface area contributed by atoms with E-state index in [1.807, 2.05) is 60.5 Å². The molecule has 1 aromatic carbocycles. The van der Waals surface area contributed by atoms with Crippen molar-refractivity contribution in [3.8, 4) is 17.0 Å². The molecule has 4 heterocycles. The molecular weight excluding hydrogens is 352 g/mol. The summed E-state index contributed by atoms with van der Waals surface area (Å²) in [6.45, 7) is 4.51. The Morgan fingerprint density at radius 3 is 3.04 bits per heavy atom. The Bertz CT molecular complexity index is 1090. The van der Waals surface area contributed by atoms with E-state index in [-0.39, 0.29) is 0 Å². The van der Waals surface area contributed by atoms with Crippen LogP contribution in [-0.4, -0.2) is 44.7 Å². The van der Waals surface area contributed by atoms with Gasteiger partial charge in [0.15, 0.2) is 0 Å². The van der Waals surface area contributed by atoms with Crippen molar-refractivity contribution in [2.45, 2.75) is 19.4 Å². The minimum atomic E-state index is 0.389.